The van der Waals surface area contributed by atoms with Gasteiger partial charge in [-0.15, -0.1) is 0 Å². The first-order valence-corrected chi connectivity index (χ1v) is 15.8. The number of ether oxygens (including phenoxy) is 1. The van der Waals surface area contributed by atoms with E-state index in [4.69, 9.17) is 9.73 Å². The predicted octanol–water partition coefficient (Wildman–Crippen LogP) is 4.53. The highest BCUT2D eigenvalue weighted by molar-refractivity contribution is 7.99. The first-order chi connectivity index (χ1) is 22.6. The Labute approximate surface area is 273 Å². The maximum absolute atomic E-state index is 14.2. The summed E-state index contributed by atoms with van der Waals surface area (Å²) in [6.45, 7) is 3.40. The van der Waals surface area contributed by atoms with Crippen LogP contribution < -0.4 is 20.5 Å². The fourth-order valence-corrected chi connectivity index (χ4v) is 7.01. The molecule has 236 valence electrons. The molecule has 0 spiro atoms. The van der Waals surface area contributed by atoms with Gasteiger partial charge in [-0.2, -0.15) is 0 Å². The molecular weight excluding hydrogens is 646 g/mol. The lowest BCUT2D eigenvalue weighted by Gasteiger charge is -2.25. The van der Waals surface area contributed by atoms with Gasteiger partial charge in [0.1, 0.15) is 5.82 Å². The third-order valence-electron chi connectivity index (χ3n) is 7.10. The SMILES string of the molecule is CCOC(=O)C1=C(c2ccccc2)N=c2s/c(=C/c3cc([N+](=O)[O-])ccc3Sc3nc(C)cc(=O)[nH]3)c(=O)n2[C@H]1c1ccc(F)cc1. The van der Waals surface area contributed by atoms with Crippen molar-refractivity contribution in [1.29, 1.82) is 0 Å². The van der Waals surface area contributed by atoms with Crippen LogP contribution in [0.1, 0.15) is 35.3 Å². The van der Waals surface area contributed by atoms with Crippen LogP contribution in [0.15, 0.2) is 109 Å². The highest BCUT2D eigenvalue weighted by Gasteiger charge is 2.35. The van der Waals surface area contributed by atoms with E-state index >= 15 is 0 Å². The van der Waals surface area contributed by atoms with E-state index in [-0.39, 0.29) is 37.9 Å². The molecule has 11 nitrogen and oxygen atoms in total. The van der Waals surface area contributed by atoms with E-state index in [2.05, 4.69) is 9.97 Å². The Morgan fingerprint density at radius 3 is 2.55 bits per heavy atom. The van der Waals surface area contributed by atoms with Crippen molar-refractivity contribution in [3.05, 3.63) is 153 Å². The predicted molar refractivity (Wildman–Crippen MR) is 174 cm³/mol. The molecule has 1 atom stereocenters. The van der Waals surface area contributed by atoms with Gasteiger partial charge in [0.05, 0.1) is 33.4 Å². The Bertz CT molecular complexity index is 2310. The number of fused-ring (bicyclic) bond motifs is 1. The third-order valence-corrected chi connectivity index (χ3v) is 9.07. The number of hydrogen-bond acceptors (Lipinski definition) is 10. The van der Waals surface area contributed by atoms with Crippen molar-refractivity contribution < 1.29 is 18.8 Å². The summed E-state index contributed by atoms with van der Waals surface area (Å²) in [6, 6.07) is 18.9. The van der Waals surface area contributed by atoms with E-state index in [1.165, 1.54) is 59.2 Å². The number of benzene rings is 3. The van der Waals surface area contributed by atoms with Crippen LogP contribution in [-0.4, -0.2) is 32.0 Å². The number of thiazole rings is 1. The van der Waals surface area contributed by atoms with E-state index in [0.29, 0.717) is 33.0 Å². The van der Waals surface area contributed by atoms with Gasteiger partial charge in [-0.3, -0.25) is 24.3 Å². The Hall–Kier alpha value is -5.47. The number of hydrogen-bond donors (Lipinski definition) is 1. The number of carbonyl (C=O) groups is 1. The fraction of sp³-hybridized carbons (Fsp3) is 0.121. The number of rotatable bonds is 8. The van der Waals surface area contributed by atoms with Crippen molar-refractivity contribution in [3.8, 4) is 0 Å². The Balaban J connectivity index is 1.61. The van der Waals surface area contributed by atoms with Gasteiger partial charge in [-0.05, 0) is 49.2 Å². The lowest BCUT2D eigenvalue weighted by atomic mass is 9.93. The zero-order valence-electron chi connectivity index (χ0n) is 24.8. The normalized spacial score (nSPS) is 14.4. The second-order valence-electron chi connectivity index (χ2n) is 10.3. The van der Waals surface area contributed by atoms with Gasteiger partial charge in [0.2, 0.25) is 0 Å². The monoisotopic (exact) mass is 669 g/mol. The largest absolute Gasteiger partial charge is 0.463 e. The minimum absolute atomic E-state index is 0.0687. The molecule has 1 aliphatic rings. The van der Waals surface area contributed by atoms with E-state index in [1.54, 1.807) is 38.1 Å². The molecule has 6 rings (SSSR count). The molecule has 0 radical (unpaired) electrons. The van der Waals surface area contributed by atoms with Crippen molar-refractivity contribution in [1.82, 2.24) is 14.5 Å². The molecule has 0 saturated heterocycles. The number of esters is 1. The van der Waals surface area contributed by atoms with Crippen LogP contribution in [0, 0.1) is 22.9 Å². The van der Waals surface area contributed by atoms with Gasteiger partial charge in [-0.1, -0.05) is 65.6 Å². The van der Waals surface area contributed by atoms with Crippen LogP contribution in [0.25, 0.3) is 11.8 Å². The van der Waals surface area contributed by atoms with Crippen LogP contribution in [0.5, 0.6) is 0 Å². The molecule has 0 aliphatic carbocycles. The summed E-state index contributed by atoms with van der Waals surface area (Å²) in [4.78, 5) is 63.6. The van der Waals surface area contributed by atoms with Crippen LogP contribution in [-0.2, 0) is 9.53 Å². The highest BCUT2D eigenvalue weighted by Crippen LogP contribution is 2.35. The number of H-pyrrole nitrogens is 1. The quantitative estimate of drug-likeness (QED) is 0.110. The number of carbonyl (C=O) groups excluding carboxylic acids is 1. The molecule has 47 heavy (non-hydrogen) atoms. The number of nitro benzene ring substituents is 1. The number of halogens is 1. The molecule has 2 aromatic heterocycles. The van der Waals surface area contributed by atoms with Gasteiger partial charge in [0, 0.05) is 34.4 Å². The van der Waals surface area contributed by atoms with Gasteiger partial charge in [0.25, 0.3) is 16.8 Å². The van der Waals surface area contributed by atoms with Crippen molar-refractivity contribution >= 4 is 46.5 Å². The molecule has 14 heteroatoms. The Morgan fingerprint density at radius 1 is 1.13 bits per heavy atom. The molecule has 0 fully saturated rings. The number of nitro groups is 1. The summed E-state index contributed by atoms with van der Waals surface area (Å²) >= 11 is 2.11. The average molecular weight is 670 g/mol. The second-order valence-corrected chi connectivity index (χ2v) is 12.3. The Kier molecular flexibility index (Phi) is 8.78. The molecular formula is C33H24FN5O6S2. The summed E-state index contributed by atoms with van der Waals surface area (Å²) in [5, 5.41) is 12.0. The summed E-state index contributed by atoms with van der Waals surface area (Å²) in [7, 11) is 0. The second kappa shape index (κ2) is 13.1. The lowest BCUT2D eigenvalue weighted by molar-refractivity contribution is -0.384. The van der Waals surface area contributed by atoms with Crippen LogP contribution in [0.4, 0.5) is 10.1 Å². The number of aromatic amines is 1. The standard InChI is InChI=1S/C33H24FN5O6S2/c1-3-45-31(42)27-28(19-7-5-4-6-8-19)37-33-38(29(27)20-9-11-22(34)12-10-20)30(41)25(47-33)17-21-16-23(39(43)44)13-14-24(21)46-32-35-18(2)15-26(40)36-32/h4-17,29H,3H2,1-2H3,(H,35,36,40)/b25-17+/t29-/m0/s1. The van der Waals surface area contributed by atoms with Gasteiger partial charge >= 0.3 is 5.97 Å². The average Bonchev–Trinajstić information content (AvgIpc) is 3.35. The summed E-state index contributed by atoms with van der Waals surface area (Å²) in [6.07, 6.45) is 1.50. The summed E-state index contributed by atoms with van der Waals surface area (Å²) < 4.78 is 21.0. The maximum Gasteiger partial charge on any atom is 0.338 e. The Morgan fingerprint density at radius 2 is 1.87 bits per heavy atom. The van der Waals surface area contributed by atoms with E-state index in [0.717, 1.165) is 23.1 Å². The fourth-order valence-electron chi connectivity index (χ4n) is 5.10. The van der Waals surface area contributed by atoms with E-state index in [9.17, 15) is 28.9 Å². The number of aromatic nitrogens is 3. The van der Waals surface area contributed by atoms with Crippen molar-refractivity contribution in [2.24, 2.45) is 4.99 Å². The van der Waals surface area contributed by atoms with Crippen molar-refractivity contribution in [3.63, 3.8) is 0 Å². The maximum atomic E-state index is 14.2. The minimum Gasteiger partial charge on any atom is -0.463 e. The number of nitrogens with one attached hydrogen (secondary N) is 1. The van der Waals surface area contributed by atoms with E-state index in [1.807, 2.05) is 6.07 Å². The van der Waals surface area contributed by atoms with Crippen LogP contribution in [0.2, 0.25) is 0 Å². The molecule has 3 aromatic carbocycles. The lowest BCUT2D eigenvalue weighted by Crippen LogP contribution is -2.40. The number of nitrogens with zero attached hydrogens (tertiary/aromatic N) is 4. The zero-order valence-corrected chi connectivity index (χ0v) is 26.4. The molecule has 3 heterocycles. The molecule has 0 amide bonds. The molecule has 1 aliphatic heterocycles. The molecule has 5 aromatic rings. The first kappa shape index (κ1) is 31.5. The topological polar surface area (TPSA) is 150 Å². The van der Waals surface area contributed by atoms with Gasteiger partial charge < -0.3 is 9.72 Å². The molecule has 0 unspecified atom stereocenters. The first-order valence-electron chi connectivity index (χ1n) is 14.2. The minimum atomic E-state index is -1.02. The van der Waals surface area contributed by atoms with Crippen molar-refractivity contribution in [2.45, 2.75) is 29.9 Å². The third kappa shape index (κ3) is 6.46. The van der Waals surface area contributed by atoms with Gasteiger partial charge in [0.15, 0.2) is 9.96 Å². The van der Waals surface area contributed by atoms with E-state index < -0.39 is 28.3 Å². The van der Waals surface area contributed by atoms with Crippen LogP contribution >= 0.6 is 23.1 Å². The van der Waals surface area contributed by atoms with Crippen molar-refractivity contribution in [2.75, 3.05) is 6.61 Å². The molecule has 0 saturated carbocycles. The molecule has 1 N–H and O–H groups in total. The zero-order chi connectivity index (χ0) is 33.2. The molecule has 0 bridgehead atoms. The van der Waals surface area contributed by atoms with Crippen LogP contribution in [0.3, 0.4) is 0 Å². The summed E-state index contributed by atoms with van der Waals surface area (Å²) in [5.74, 6) is -1.18. The number of non-ortho nitro benzene ring substituents is 1. The smallest absolute Gasteiger partial charge is 0.338 e. The van der Waals surface area contributed by atoms with Gasteiger partial charge in [-0.25, -0.2) is 19.2 Å². The summed E-state index contributed by atoms with van der Waals surface area (Å²) in [5.41, 5.74) is 1.18. The highest BCUT2D eigenvalue weighted by atomic mass is 32.2. The number of aryl methyl sites for hydroxylation is 1.